The Morgan fingerprint density at radius 3 is 2.30 bits per heavy atom. The van der Waals surface area contributed by atoms with Crippen molar-refractivity contribution in [1.29, 1.82) is 0 Å². The van der Waals surface area contributed by atoms with Gasteiger partial charge < -0.3 is 5.32 Å². The number of hydrogen-bond acceptors (Lipinski definition) is 1. The van der Waals surface area contributed by atoms with Gasteiger partial charge in [-0.3, -0.25) is 4.79 Å². The minimum absolute atomic E-state index is 0.0101. The minimum Gasteiger partial charge on any atom is -0.353 e. The molecule has 0 aliphatic heterocycles. The molecule has 2 rings (SSSR count). The highest BCUT2D eigenvalue weighted by atomic mass is 19.1. The highest BCUT2D eigenvalue weighted by Crippen LogP contribution is 2.28. The first-order chi connectivity index (χ1) is 10.9. The third-order valence-corrected chi connectivity index (χ3v) is 4.06. The van der Waals surface area contributed by atoms with Crippen LogP contribution in [-0.4, -0.2) is 11.9 Å². The minimum atomic E-state index is -0.285. The maximum atomic E-state index is 12.9. The number of amides is 1. The van der Waals surface area contributed by atoms with Gasteiger partial charge in [-0.05, 0) is 42.0 Å². The van der Waals surface area contributed by atoms with Gasteiger partial charge in [0.2, 0.25) is 5.91 Å². The van der Waals surface area contributed by atoms with E-state index in [0.717, 1.165) is 12.0 Å². The van der Waals surface area contributed by atoms with Gasteiger partial charge in [0.25, 0.3) is 0 Å². The van der Waals surface area contributed by atoms with Crippen LogP contribution < -0.4 is 5.32 Å². The highest BCUT2D eigenvalue weighted by molar-refractivity contribution is 5.78. The number of nitrogens with one attached hydrogen (secondary N) is 1. The first-order valence-electron chi connectivity index (χ1n) is 7.96. The van der Waals surface area contributed by atoms with Crippen molar-refractivity contribution in [1.82, 2.24) is 5.32 Å². The van der Waals surface area contributed by atoms with Crippen molar-refractivity contribution in [2.75, 3.05) is 0 Å². The van der Waals surface area contributed by atoms with Crippen LogP contribution in [0.25, 0.3) is 0 Å². The monoisotopic (exact) mass is 313 g/mol. The van der Waals surface area contributed by atoms with E-state index in [1.165, 1.54) is 17.7 Å². The molecule has 1 N–H and O–H groups in total. The Morgan fingerprint density at radius 2 is 1.70 bits per heavy atom. The van der Waals surface area contributed by atoms with Gasteiger partial charge >= 0.3 is 0 Å². The summed E-state index contributed by atoms with van der Waals surface area (Å²) in [6, 6.07) is 16.4. The Hall–Kier alpha value is -2.16. The van der Waals surface area contributed by atoms with E-state index in [-0.39, 0.29) is 29.6 Å². The first kappa shape index (κ1) is 17.2. The summed E-state index contributed by atoms with van der Waals surface area (Å²) in [4.78, 5) is 12.1. The summed E-state index contributed by atoms with van der Waals surface area (Å²) in [6.07, 6.45) is 1.13. The fraction of sp³-hybridized carbons (Fsp3) is 0.350. The van der Waals surface area contributed by atoms with Crippen LogP contribution in [0.2, 0.25) is 0 Å². The standard InChI is InChI=1S/C20H24FNO/c1-15(14-20(2,3)17-7-5-4-6-8-17)22-19(23)13-16-9-11-18(21)12-10-16/h4-12,15H,13-14H2,1-3H3,(H,22,23)/t15-/m1/s1. The molecule has 0 saturated carbocycles. The predicted molar refractivity (Wildman–Crippen MR) is 91.8 cm³/mol. The summed E-state index contributed by atoms with van der Waals surface area (Å²) in [5, 5.41) is 3.04. The van der Waals surface area contributed by atoms with Crippen LogP contribution in [0.5, 0.6) is 0 Å². The highest BCUT2D eigenvalue weighted by Gasteiger charge is 2.23. The summed E-state index contributed by atoms with van der Waals surface area (Å²) < 4.78 is 12.9. The lowest BCUT2D eigenvalue weighted by Gasteiger charge is -2.29. The number of benzene rings is 2. The molecule has 3 heteroatoms. The van der Waals surface area contributed by atoms with Crippen molar-refractivity contribution in [3.05, 3.63) is 71.5 Å². The van der Waals surface area contributed by atoms with Gasteiger partial charge in [0.05, 0.1) is 6.42 Å². The fourth-order valence-electron chi connectivity index (χ4n) is 2.94. The van der Waals surface area contributed by atoms with Crippen LogP contribution in [0.4, 0.5) is 4.39 Å². The molecule has 0 heterocycles. The zero-order valence-electron chi connectivity index (χ0n) is 14.0. The maximum absolute atomic E-state index is 12.9. The van der Waals surface area contributed by atoms with E-state index < -0.39 is 0 Å². The lowest BCUT2D eigenvalue weighted by atomic mass is 9.79. The van der Waals surface area contributed by atoms with E-state index in [4.69, 9.17) is 0 Å². The molecule has 0 aliphatic carbocycles. The van der Waals surface area contributed by atoms with E-state index >= 15 is 0 Å². The summed E-state index contributed by atoms with van der Waals surface area (Å²) in [6.45, 7) is 6.39. The number of halogens is 1. The molecule has 23 heavy (non-hydrogen) atoms. The van der Waals surface area contributed by atoms with Crippen molar-refractivity contribution in [2.45, 2.75) is 45.1 Å². The van der Waals surface area contributed by atoms with Crippen molar-refractivity contribution in [3.63, 3.8) is 0 Å². The van der Waals surface area contributed by atoms with Crippen molar-refractivity contribution in [3.8, 4) is 0 Å². The van der Waals surface area contributed by atoms with E-state index in [9.17, 15) is 9.18 Å². The SMILES string of the molecule is C[C@H](CC(C)(C)c1ccccc1)NC(=O)Cc1ccc(F)cc1. The number of hydrogen-bond donors (Lipinski definition) is 1. The van der Waals surface area contributed by atoms with Gasteiger partial charge in [-0.15, -0.1) is 0 Å². The Balaban J connectivity index is 1.89. The van der Waals surface area contributed by atoms with Crippen molar-refractivity contribution in [2.24, 2.45) is 0 Å². The average Bonchev–Trinajstić information content (AvgIpc) is 2.49. The molecule has 0 bridgehead atoms. The zero-order valence-corrected chi connectivity index (χ0v) is 14.0. The maximum Gasteiger partial charge on any atom is 0.224 e. The lowest BCUT2D eigenvalue weighted by molar-refractivity contribution is -0.121. The normalized spacial score (nSPS) is 12.7. The van der Waals surface area contributed by atoms with Gasteiger partial charge in [-0.25, -0.2) is 4.39 Å². The second-order valence-corrected chi connectivity index (χ2v) is 6.73. The molecule has 2 nitrogen and oxygen atoms in total. The molecule has 0 saturated heterocycles. The molecule has 0 radical (unpaired) electrons. The molecule has 0 spiro atoms. The summed E-state index contributed by atoms with van der Waals surface area (Å²) in [7, 11) is 0. The number of carbonyl (C=O) groups is 1. The van der Waals surface area contributed by atoms with Crippen LogP contribution in [0, 0.1) is 5.82 Å². The molecule has 1 amide bonds. The van der Waals surface area contributed by atoms with E-state index in [1.54, 1.807) is 12.1 Å². The van der Waals surface area contributed by atoms with Crippen molar-refractivity contribution >= 4 is 5.91 Å². The predicted octanol–water partition coefficient (Wildman–Crippen LogP) is 4.24. The molecule has 122 valence electrons. The van der Waals surface area contributed by atoms with Crippen LogP contribution >= 0.6 is 0 Å². The third kappa shape index (κ3) is 5.20. The first-order valence-corrected chi connectivity index (χ1v) is 7.96. The van der Waals surface area contributed by atoms with Gasteiger partial charge in [-0.1, -0.05) is 56.3 Å². The molecule has 0 aliphatic rings. The van der Waals surface area contributed by atoms with E-state index in [1.807, 2.05) is 25.1 Å². The Labute approximate surface area is 137 Å². The molecule has 2 aromatic rings. The van der Waals surface area contributed by atoms with Crippen LogP contribution in [-0.2, 0) is 16.6 Å². The second-order valence-electron chi connectivity index (χ2n) is 6.73. The van der Waals surface area contributed by atoms with Gasteiger partial charge in [0.1, 0.15) is 5.82 Å². The van der Waals surface area contributed by atoms with Gasteiger partial charge in [0.15, 0.2) is 0 Å². The average molecular weight is 313 g/mol. The second kappa shape index (κ2) is 7.40. The largest absolute Gasteiger partial charge is 0.353 e. The summed E-state index contributed by atoms with van der Waals surface area (Å²) >= 11 is 0. The molecule has 0 unspecified atom stereocenters. The fourth-order valence-corrected chi connectivity index (χ4v) is 2.94. The van der Waals surface area contributed by atoms with E-state index in [0.29, 0.717) is 0 Å². The molecule has 0 aromatic heterocycles. The molecule has 2 aromatic carbocycles. The summed E-state index contributed by atoms with van der Waals surface area (Å²) in [5.74, 6) is -0.319. The molecule has 1 atom stereocenters. The molecular weight excluding hydrogens is 289 g/mol. The van der Waals surface area contributed by atoms with Crippen LogP contribution in [0.1, 0.15) is 38.3 Å². The Bertz CT molecular complexity index is 634. The van der Waals surface area contributed by atoms with Gasteiger partial charge in [0, 0.05) is 6.04 Å². The number of carbonyl (C=O) groups excluding carboxylic acids is 1. The van der Waals surface area contributed by atoms with Gasteiger partial charge in [-0.2, -0.15) is 0 Å². The lowest BCUT2D eigenvalue weighted by Crippen LogP contribution is -2.38. The quantitative estimate of drug-likeness (QED) is 0.849. The Kier molecular flexibility index (Phi) is 5.54. The molecule has 0 fully saturated rings. The van der Waals surface area contributed by atoms with Crippen molar-refractivity contribution < 1.29 is 9.18 Å². The smallest absolute Gasteiger partial charge is 0.224 e. The Morgan fingerprint density at radius 1 is 1.09 bits per heavy atom. The zero-order chi connectivity index (χ0) is 16.9. The molecular formula is C20H24FNO. The summed E-state index contributed by atoms with van der Waals surface area (Å²) in [5.41, 5.74) is 2.07. The topological polar surface area (TPSA) is 29.1 Å². The number of rotatable bonds is 6. The van der Waals surface area contributed by atoms with Crippen LogP contribution in [0.15, 0.2) is 54.6 Å². The van der Waals surface area contributed by atoms with Crippen LogP contribution in [0.3, 0.4) is 0 Å². The van der Waals surface area contributed by atoms with E-state index in [2.05, 4.69) is 31.3 Å². The third-order valence-electron chi connectivity index (χ3n) is 4.06.